The maximum absolute atomic E-state index is 13.8. The van der Waals surface area contributed by atoms with Crippen LogP contribution in [0, 0.1) is 5.82 Å². The molecule has 0 bridgehead atoms. The molecule has 0 aliphatic heterocycles. The lowest BCUT2D eigenvalue weighted by Gasteiger charge is -2.17. The number of benzene rings is 2. The van der Waals surface area contributed by atoms with Crippen molar-refractivity contribution in [2.45, 2.75) is 5.92 Å². The van der Waals surface area contributed by atoms with Crippen molar-refractivity contribution in [1.82, 2.24) is 4.98 Å². The van der Waals surface area contributed by atoms with Gasteiger partial charge in [0, 0.05) is 6.20 Å². The molecule has 0 aliphatic carbocycles. The highest BCUT2D eigenvalue weighted by Crippen LogP contribution is 2.25. The predicted molar refractivity (Wildman–Crippen MR) is 87.6 cm³/mol. The van der Waals surface area contributed by atoms with Crippen LogP contribution in [0.5, 0.6) is 0 Å². The second kappa shape index (κ2) is 6.83. The van der Waals surface area contributed by atoms with E-state index < -0.39 is 11.7 Å². The molecule has 0 aliphatic rings. The Labute approximate surface area is 133 Å². The number of amides is 1. The van der Waals surface area contributed by atoms with Gasteiger partial charge in [0.05, 0.1) is 11.4 Å². The Morgan fingerprint density at radius 2 is 1.61 bits per heavy atom. The Hall–Kier alpha value is -3.01. The number of anilines is 1. The van der Waals surface area contributed by atoms with Gasteiger partial charge >= 0.3 is 0 Å². The van der Waals surface area contributed by atoms with Crippen molar-refractivity contribution in [3.05, 3.63) is 96.1 Å². The first kappa shape index (κ1) is 14.9. The fourth-order valence-electron chi connectivity index (χ4n) is 2.42. The lowest BCUT2D eigenvalue weighted by atomic mass is 9.94. The third-order valence-electron chi connectivity index (χ3n) is 3.51. The largest absolute Gasteiger partial charge is 0.323 e. The van der Waals surface area contributed by atoms with Crippen molar-refractivity contribution in [1.29, 1.82) is 0 Å². The standard InChI is InChI=1S/C19H15FN2O/c20-15-10-4-5-11-16(15)22-19(23)18(14-8-2-1-3-9-14)17-12-6-7-13-21-17/h1-13,18H,(H,22,23). The Morgan fingerprint density at radius 1 is 0.913 bits per heavy atom. The van der Waals surface area contributed by atoms with Crippen molar-refractivity contribution in [3.63, 3.8) is 0 Å². The predicted octanol–water partition coefficient (Wildman–Crippen LogP) is 3.99. The van der Waals surface area contributed by atoms with Gasteiger partial charge in [-0.1, -0.05) is 48.5 Å². The van der Waals surface area contributed by atoms with E-state index in [0.717, 1.165) is 5.56 Å². The maximum atomic E-state index is 13.8. The highest BCUT2D eigenvalue weighted by atomic mass is 19.1. The van der Waals surface area contributed by atoms with E-state index in [2.05, 4.69) is 10.3 Å². The average molecular weight is 306 g/mol. The smallest absolute Gasteiger partial charge is 0.238 e. The topological polar surface area (TPSA) is 42.0 Å². The molecular weight excluding hydrogens is 291 g/mol. The second-order valence-corrected chi connectivity index (χ2v) is 5.07. The molecule has 1 unspecified atom stereocenters. The molecule has 0 spiro atoms. The molecular formula is C19H15FN2O. The summed E-state index contributed by atoms with van der Waals surface area (Å²) in [5.41, 5.74) is 1.59. The van der Waals surface area contributed by atoms with E-state index in [1.165, 1.54) is 12.1 Å². The first-order chi connectivity index (χ1) is 11.3. The van der Waals surface area contributed by atoms with Gasteiger partial charge in [-0.3, -0.25) is 9.78 Å². The Morgan fingerprint density at radius 3 is 2.30 bits per heavy atom. The second-order valence-electron chi connectivity index (χ2n) is 5.07. The lowest BCUT2D eigenvalue weighted by Crippen LogP contribution is -2.23. The molecule has 3 aromatic rings. The van der Waals surface area contributed by atoms with Gasteiger partial charge in [0.25, 0.3) is 0 Å². The fraction of sp³-hybridized carbons (Fsp3) is 0.0526. The van der Waals surface area contributed by atoms with Gasteiger partial charge < -0.3 is 5.32 Å². The van der Waals surface area contributed by atoms with Crippen molar-refractivity contribution < 1.29 is 9.18 Å². The van der Waals surface area contributed by atoms with Crippen LogP contribution in [-0.2, 0) is 4.79 Å². The third-order valence-corrected chi connectivity index (χ3v) is 3.51. The normalized spacial score (nSPS) is 11.7. The molecule has 0 saturated heterocycles. The monoisotopic (exact) mass is 306 g/mol. The van der Waals surface area contributed by atoms with Crippen LogP contribution in [0.4, 0.5) is 10.1 Å². The quantitative estimate of drug-likeness (QED) is 0.792. The van der Waals surface area contributed by atoms with Crippen LogP contribution in [0.2, 0.25) is 0 Å². The molecule has 3 nitrogen and oxygen atoms in total. The van der Waals surface area contributed by atoms with Crippen LogP contribution in [-0.4, -0.2) is 10.9 Å². The lowest BCUT2D eigenvalue weighted by molar-refractivity contribution is -0.116. The van der Waals surface area contributed by atoms with Crippen LogP contribution in [0.3, 0.4) is 0 Å². The highest BCUT2D eigenvalue weighted by Gasteiger charge is 2.24. The summed E-state index contributed by atoms with van der Waals surface area (Å²) >= 11 is 0. The van der Waals surface area contributed by atoms with E-state index in [1.807, 2.05) is 36.4 Å². The molecule has 1 atom stereocenters. The van der Waals surface area contributed by atoms with E-state index in [9.17, 15) is 9.18 Å². The minimum Gasteiger partial charge on any atom is -0.323 e. The summed E-state index contributed by atoms with van der Waals surface area (Å²) in [6.45, 7) is 0. The fourth-order valence-corrected chi connectivity index (χ4v) is 2.42. The van der Waals surface area contributed by atoms with Crippen molar-refractivity contribution in [3.8, 4) is 0 Å². The molecule has 0 saturated carbocycles. The van der Waals surface area contributed by atoms with Gasteiger partial charge in [-0.2, -0.15) is 0 Å². The summed E-state index contributed by atoms with van der Waals surface area (Å²) in [4.78, 5) is 17.0. The molecule has 4 heteroatoms. The summed E-state index contributed by atoms with van der Waals surface area (Å²) < 4.78 is 13.8. The van der Waals surface area contributed by atoms with Gasteiger partial charge in [-0.25, -0.2) is 4.39 Å². The number of carbonyl (C=O) groups is 1. The summed E-state index contributed by atoms with van der Waals surface area (Å²) in [5, 5.41) is 2.65. The Bertz CT molecular complexity index is 751. The van der Waals surface area contributed by atoms with Gasteiger partial charge in [-0.15, -0.1) is 0 Å². The molecule has 0 radical (unpaired) electrons. The molecule has 0 fully saturated rings. The third kappa shape index (κ3) is 3.43. The minimum absolute atomic E-state index is 0.161. The van der Waals surface area contributed by atoms with E-state index >= 15 is 0 Å². The van der Waals surface area contributed by atoms with Crippen LogP contribution < -0.4 is 5.32 Å². The number of nitrogens with one attached hydrogen (secondary N) is 1. The van der Waals surface area contributed by atoms with Gasteiger partial charge in [0.15, 0.2) is 0 Å². The number of pyridine rings is 1. The van der Waals surface area contributed by atoms with Crippen LogP contribution in [0.15, 0.2) is 79.0 Å². The van der Waals surface area contributed by atoms with E-state index in [4.69, 9.17) is 0 Å². The minimum atomic E-state index is -0.600. The van der Waals surface area contributed by atoms with Gasteiger partial charge in [0.2, 0.25) is 5.91 Å². The summed E-state index contributed by atoms with van der Waals surface area (Å²) in [7, 11) is 0. The Kier molecular flexibility index (Phi) is 4.43. The summed E-state index contributed by atoms with van der Waals surface area (Å²) in [5.74, 6) is -1.38. The number of nitrogens with zero attached hydrogens (tertiary/aromatic N) is 1. The number of para-hydroxylation sites is 1. The summed E-state index contributed by atoms with van der Waals surface area (Å²) in [6.07, 6.45) is 1.64. The molecule has 1 aromatic heterocycles. The van der Waals surface area contributed by atoms with E-state index in [1.54, 1.807) is 30.5 Å². The first-order valence-corrected chi connectivity index (χ1v) is 7.27. The SMILES string of the molecule is O=C(Nc1ccccc1F)C(c1ccccc1)c1ccccn1. The number of carbonyl (C=O) groups excluding carboxylic acids is 1. The van der Waals surface area contributed by atoms with Crippen LogP contribution >= 0.6 is 0 Å². The van der Waals surface area contributed by atoms with Gasteiger partial charge in [0.1, 0.15) is 11.7 Å². The van der Waals surface area contributed by atoms with Crippen molar-refractivity contribution >= 4 is 11.6 Å². The molecule has 114 valence electrons. The molecule has 3 rings (SSSR count). The number of rotatable bonds is 4. The molecule has 23 heavy (non-hydrogen) atoms. The van der Waals surface area contributed by atoms with E-state index in [-0.39, 0.29) is 11.6 Å². The maximum Gasteiger partial charge on any atom is 0.238 e. The summed E-state index contributed by atoms with van der Waals surface area (Å²) in [6, 6.07) is 20.8. The zero-order valence-electron chi connectivity index (χ0n) is 12.3. The van der Waals surface area contributed by atoms with Crippen molar-refractivity contribution in [2.24, 2.45) is 0 Å². The van der Waals surface area contributed by atoms with Gasteiger partial charge in [-0.05, 0) is 29.8 Å². The molecule has 2 aromatic carbocycles. The zero-order chi connectivity index (χ0) is 16.1. The van der Waals surface area contributed by atoms with Crippen LogP contribution in [0.1, 0.15) is 17.2 Å². The molecule has 1 amide bonds. The Balaban J connectivity index is 1.96. The van der Waals surface area contributed by atoms with Crippen LogP contribution in [0.25, 0.3) is 0 Å². The molecule has 1 N–H and O–H groups in total. The number of halogens is 1. The number of hydrogen-bond acceptors (Lipinski definition) is 2. The first-order valence-electron chi connectivity index (χ1n) is 7.27. The zero-order valence-corrected chi connectivity index (χ0v) is 12.3. The number of aromatic nitrogens is 1. The van der Waals surface area contributed by atoms with E-state index in [0.29, 0.717) is 5.69 Å². The van der Waals surface area contributed by atoms with Crippen molar-refractivity contribution in [2.75, 3.05) is 5.32 Å². The average Bonchev–Trinajstić information content (AvgIpc) is 2.59. The number of hydrogen-bond donors (Lipinski definition) is 1. The highest BCUT2D eigenvalue weighted by molar-refractivity contribution is 5.97. The molecule has 1 heterocycles.